The minimum Gasteiger partial charge on any atom is -0.389 e. The molecule has 0 unspecified atom stereocenters. The van der Waals surface area contributed by atoms with Gasteiger partial charge >= 0.3 is 0 Å². The lowest BCUT2D eigenvalue weighted by molar-refractivity contribution is -0.111. The Hall–Kier alpha value is -1.21. The molecule has 6 nitrogen and oxygen atoms in total. The van der Waals surface area contributed by atoms with Gasteiger partial charge in [-0.1, -0.05) is 6.07 Å². The van der Waals surface area contributed by atoms with Crippen LogP contribution in [0.3, 0.4) is 0 Å². The maximum Gasteiger partial charge on any atom is 0.131 e. The van der Waals surface area contributed by atoms with E-state index >= 15 is 0 Å². The number of rotatable bonds is 3. The van der Waals surface area contributed by atoms with Gasteiger partial charge in [0.2, 0.25) is 0 Å². The average Bonchev–Trinajstić information content (AvgIpc) is 2.93. The number of aliphatic hydroxyl groups is 3. The van der Waals surface area contributed by atoms with E-state index in [-0.39, 0.29) is 0 Å². The van der Waals surface area contributed by atoms with Crippen LogP contribution in [0, 0.1) is 12.8 Å². The number of likely N-dealkylation sites (tertiary alicyclic amines) is 1. The molecule has 0 bridgehead atoms. The lowest BCUT2D eigenvalue weighted by Crippen LogP contribution is -2.56. The molecular formula is C16H25N3O3. The lowest BCUT2D eigenvalue weighted by Gasteiger charge is -2.38. The molecule has 2 aliphatic rings. The van der Waals surface area contributed by atoms with Gasteiger partial charge in [0.05, 0.1) is 12.2 Å². The largest absolute Gasteiger partial charge is 0.389 e. The van der Waals surface area contributed by atoms with Gasteiger partial charge in [-0.15, -0.1) is 0 Å². The Morgan fingerprint density at radius 1 is 1.18 bits per heavy atom. The van der Waals surface area contributed by atoms with Crippen molar-refractivity contribution in [1.82, 2.24) is 9.88 Å². The first-order valence-electron chi connectivity index (χ1n) is 7.97. The minimum atomic E-state index is -1.02. The van der Waals surface area contributed by atoms with Crippen LogP contribution in [0.15, 0.2) is 18.3 Å². The molecule has 1 aromatic rings. The Kier molecular flexibility index (Phi) is 4.63. The van der Waals surface area contributed by atoms with E-state index in [1.807, 2.05) is 12.3 Å². The molecule has 0 radical (unpaired) electrons. The number of nitrogens with zero attached hydrogens (tertiary/aromatic N) is 3. The van der Waals surface area contributed by atoms with Crippen molar-refractivity contribution in [3.05, 3.63) is 23.9 Å². The number of β-amino-alcohol motifs (C(OH)–C–C–N with tert-alkyl or cyclic N) is 2. The zero-order valence-corrected chi connectivity index (χ0v) is 13.0. The average molecular weight is 307 g/mol. The van der Waals surface area contributed by atoms with Crippen LogP contribution in [0.1, 0.15) is 12.0 Å². The SMILES string of the molecule is Cc1cccnc1N1CC[C@@H](CN2C[C@@H](O)[C@H](O)[C@@H](O)C2)C1. The molecule has 0 saturated carbocycles. The molecule has 3 N–H and O–H groups in total. The first-order chi connectivity index (χ1) is 10.5. The Morgan fingerprint density at radius 3 is 2.59 bits per heavy atom. The second kappa shape index (κ2) is 6.50. The van der Waals surface area contributed by atoms with Gasteiger partial charge in [-0.3, -0.25) is 4.90 Å². The molecule has 0 amide bonds. The third kappa shape index (κ3) is 3.25. The van der Waals surface area contributed by atoms with E-state index in [0.717, 1.165) is 31.9 Å². The number of aryl methyl sites for hydroxylation is 1. The fourth-order valence-corrected chi connectivity index (χ4v) is 3.57. The number of anilines is 1. The minimum absolute atomic E-state index is 0.428. The van der Waals surface area contributed by atoms with Crippen molar-refractivity contribution in [3.63, 3.8) is 0 Å². The quantitative estimate of drug-likeness (QED) is 0.706. The molecule has 122 valence electrons. The highest BCUT2D eigenvalue weighted by Gasteiger charge is 2.35. The van der Waals surface area contributed by atoms with Crippen molar-refractivity contribution < 1.29 is 15.3 Å². The van der Waals surface area contributed by atoms with E-state index in [4.69, 9.17) is 0 Å². The predicted molar refractivity (Wildman–Crippen MR) is 83.8 cm³/mol. The van der Waals surface area contributed by atoms with Crippen LogP contribution in [0.5, 0.6) is 0 Å². The first-order valence-corrected chi connectivity index (χ1v) is 7.97. The highest BCUT2D eigenvalue weighted by molar-refractivity contribution is 5.46. The van der Waals surface area contributed by atoms with Gasteiger partial charge in [0, 0.05) is 38.9 Å². The van der Waals surface area contributed by atoms with Crippen LogP contribution in [0.4, 0.5) is 5.82 Å². The second-order valence-electron chi connectivity index (χ2n) is 6.59. The molecule has 0 spiro atoms. The van der Waals surface area contributed by atoms with E-state index in [9.17, 15) is 15.3 Å². The zero-order chi connectivity index (χ0) is 15.7. The van der Waals surface area contributed by atoms with E-state index in [1.165, 1.54) is 5.56 Å². The van der Waals surface area contributed by atoms with Crippen molar-refractivity contribution in [3.8, 4) is 0 Å². The van der Waals surface area contributed by atoms with E-state index < -0.39 is 18.3 Å². The van der Waals surface area contributed by atoms with Crippen molar-refractivity contribution in [2.45, 2.75) is 31.7 Å². The summed E-state index contributed by atoms with van der Waals surface area (Å²) in [5.74, 6) is 1.55. The normalized spacial score (nSPS) is 33.4. The molecular weight excluding hydrogens is 282 g/mol. The number of hydrogen-bond donors (Lipinski definition) is 3. The van der Waals surface area contributed by atoms with Crippen LogP contribution in [0.25, 0.3) is 0 Å². The smallest absolute Gasteiger partial charge is 0.131 e. The van der Waals surface area contributed by atoms with Crippen molar-refractivity contribution in [2.24, 2.45) is 5.92 Å². The van der Waals surface area contributed by atoms with Gasteiger partial charge < -0.3 is 20.2 Å². The molecule has 3 rings (SSSR count). The van der Waals surface area contributed by atoms with Gasteiger partial charge in [0.1, 0.15) is 11.9 Å². The van der Waals surface area contributed by atoms with Crippen molar-refractivity contribution in [1.29, 1.82) is 0 Å². The van der Waals surface area contributed by atoms with Crippen molar-refractivity contribution in [2.75, 3.05) is 37.6 Å². The summed E-state index contributed by atoms with van der Waals surface area (Å²) in [4.78, 5) is 8.84. The molecule has 22 heavy (non-hydrogen) atoms. The van der Waals surface area contributed by atoms with E-state index in [0.29, 0.717) is 19.0 Å². The highest BCUT2D eigenvalue weighted by atomic mass is 16.4. The molecule has 3 heterocycles. The van der Waals surface area contributed by atoms with Gasteiger partial charge in [0.25, 0.3) is 0 Å². The van der Waals surface area contributed by atoms with Crippen LogP contribution >= 0.6 is 0 Å². The lowest BCUT2D eigenvalue weighted by atomic mass is 10.00. The van der Waals surface area contributed by atoms with Crippen LogP contribution in [0.2, 0.25) is 0 Å². The molecule has 2 aliphatic heterocycles. The summed E-state index contributed by atoms with van der Waals surface area (Å²) in [5.41, 5.74) is 1.19. The topological polar surface area (TPSA) is 80.1 Å². The maximum absolute atomic E-state index is 9.79. The first kappa shape index (κ1) is 15.7. The molecule has 0 aliphatic carbocycles. The highest BCUT2D eigenvalue weighted by Crippen LogP contribution is 2.26. The maximum atomic E-state index is 9.79. The molecule has 1 aromatic heterocycles. The monoisotopic (exact) mass is 307 g/mol. The number of pyridine rings is 1. The Morgan fingerprint density at radius 2 is 1.91 bits per heavy atom. The summed E-state index contributed by atoms with van der Waals surface area (Å²) >= 11 is 0. The molecule has 0 aromatic carbocycles. The third-order valence-electron chi connectivity index (χ3n) is 4.76. The van der Waals surface area contributed by atoms with Gasteiger partial charge in [0.15, 0.2) is 0 Å². The van der Waals surface area contributed by atoms with E-state index in [2.05, 4.69) is 27.8 Å². The number of hydrogen-bond acceptors (Lipinski definition) is 6. The summed E-state index contributed by atoms with van der Waals surface area (Å²) in [6.07, 6.45) is 0.168. The second-order valence-corrected chi connectivity index (χ2v) is 6.59. The fraction of sp³-hybridized carbons (Fsp3) is 0.688. The molecule has 2 saturated heterocycles. The van der Waals surface area contributed by atoms with Crippen LogP contribution in [-0.2, 0) is 0 Å². The Labute approximate surface area is 131 Å². The van der Waals surface area contributed by atoms with Crippen LogP contribution < -0.4 is 4.90 Å². The van der Waals surface area contributed by atoms with Gasteiger partial charge in [-0.25, -0.2) is 4.98 Å². The van der Waals surface area contributed by atoms with Gasteiger partial charge in [-0.05, 0) is 30.9 Å². The molecule has 6 heteroatoms. The summed E-state index contributed by atoms with van der Waals surface area (Å²) < 4.78 is 0. The summed E-state index contributed by atoms with van der Waals surface area (Å²) in [7, 11) is 0. The third-order valence-corrected chi connectivity index (χ3v) is 4.76. The number of aliphatic hydroxyl groups excluding tert-OH is 3. The summed E-state index contributed by atoms with van der Waals surface area (Å²) in [6, 6.07) is 4.03. The fourth-order valence-electron chi connectivity index (χ4n) is 3.57. The number of piperidine rings is 1. The van der Waals surface area contributed by atoms with Crippen LogP contribution in [-0.4, -0.2) is 76.2 Å². The van der Waals surface area contributed by atoms with Gasteiger partial charge in [-0.2, -0.15) is 0 Å². The Bertz CT molecular complexity index is 501. The standard InChI is InChI=1S/C16H25N3O3/c1-11-3-2-5-17-16(11)19-6-4-12(8-19)7-18-9-13(20)15(22)14(21)10-18/h2-3,5,12-15,20-22H,4,6-10H2,1H3/t12-,13-,14+,15+/m0/s1. The summed E-state index contributed by atoms with van der Waals surface area (Å²) in [5, 5.41) is 29.2. The van der Waals surface area contributed by atoms with E-state index in [1.54, 1.807) is 0 Å². The predicted octanol–water partition coefficient (Wildman–Crippen LogP) is -0.385. The zero-order valence-electron chi connectivity index (χ0n) is 13.0. The Balaban J connectivity index is 1.56. The number of aromatic nitrogens is 1. The van der Waals surface area contributed by atoms with Crippen molar-refractivity contribution >= 4 is 5.82 Å². The summed E-state index contributed by atoms with van der Waals surface area (Å²) in [6.45, 7) is 5.71. The molecule has 2 fully saturated rings. The molecule has 4 atom stereocenters.